The molecule has 1 unspecified atom stereocenters. The van der Waals surface area contributed by atoms with E-state index in [0.29, 0.717) is 62.6 Å². The zero-order valence-electron chi connectivity index (χ0n) is 27.5. The summed E-state index contributed by atoms with van der Waals surface area (Å²) in [5, 5.41) is 31.7. The number of aliphatic hydroxyl groups is 2. The molecule has 4 atom stereocenters. The number of nitriles is 1. The number of benzene rings is 1. The van der Waals surface area contributed by atoms with E-state index in [1.807, 2.05) is 18.2 Å². The fraction of sp³-hybridized carbons (Fsp3) is 0.686. The van der Waals surface area contributed by atoms with Gasteiger partial charge >= 0.3 is 5.97 Å². The Balaban J connectivity index is 1.46. The summed E-state index contributed by atoms with van der Waals surface area (Å²) < 4.78 is 23.7. The number of amides is 1. The third kappa shape index (κ3) is 8.14. The molecule has 11 nitrogen and oxygen atoms in total. The van der Waals surface area contributed by atoms with Crippen molar-refractivity contribution in [3.63, 3.8) is 0 Å². The highest BCUT2D eigenvalue weighted by Crippen LogP contribution is 2.42. The molecule has 11 heteroatoms. The summed E-state index contributed by atoms with van der Waals surface area (Å²) in [6, 6.07) is 6.27. The van der Waals surface area contributed by atoms with E-state index in [2.05, 4.69) is 11.0 Å². The van der Waals surface area contributed by atoms with Gasteiger partial charge in [0.25, 0.3) is 0 Å². The Kier molecular flexibility index (Phi) is 10.8. The zero-order chi connectivity index (χ0) is 32.9. The van der Waals surface area contributed by atoms with Gasteiger partial charge in [-0.1, -0.05) is 0 Å². The Morgan fingerprint density at radius 3 is 2.50 bits per heavy atom. The van der Waals surface area contributed by atoms with Crippen LogP contribution in [0.1, 0.15) is 88.7 Å². The van der Waals surface area contributed by atoms with Crippen LogP contribution in [0.15, 0.2) is 24.0 Å². The SMILES string of the molecule is CO/C1=C/CCCCN2CCc3cc4c(cc3[C@@H](C2)[C@@H]1OC(=O)[C@@](O)(CCCC(C)(C)O)CC(=O)N1CCC(C#N)CC1)OCO4. The van der Waals surface area contributed by atoms with E-state index >= 15 is 0 Å². The molecule has 1 amide bonds. The smallest absolute Gasteiger partial charge is 0.339 e. The molecule has 46 heavy (non-hydrogen) atoms. The van der Waals surface area contributed by atoms with Crippen LogP contribution in [0.3, 0.4) is 0 Å². The van der Waals surface area contributed by atoms with Crippen molar-refractivity contribution in [3.8, 4) is 17.6 Å². The molecule has 1 aromatic rings. The summed E-state index contributed by atoms with van der Waals surface area (Å²) in [4.78, 5) is 31.8. The molecule has 1 saturated heterocycles. The molecule has 4 aliphatic rings. The van der Waals surface area contributed by atoms with Gasteiger partial charge in [0.1, 0.15) is 5.76 Å². The fourth-order valence-corrected chi connectivity index (χ4v) is 7.07. The van der Waals surface area contributed by atoms with Crippen LogP contribution in [-0.4, -0.2) is 95.8 Å². The summed E-state index contributed by atoms with van der Waals surface area (Å²) in [5.74, 6) is 0.177. The van der Waals surface area contributed by atoms with Gasteiger partial charge in [-0.3, -0.25) is 4.79 Å². The largest absolute Gasteiger partial charge is 0.497 e. The van der Waals surface area contributed by atoms with Gasteiger partial charge < -0.3 is 39.0 Å². The van der Waals surface area contributed by atoms with Crippen molar-refractivity contribution < 1.29 is 38.7 Å². The first kappa shape index (κ1) is 34.0. The summed E-state index contributed by atoms with van der Waals surface area (Å²) in [6.07, 6.45) is 5.89. The Hall–Kier alpha value is -3.33. The van der Waals surface area contributed by atoms with Gasteiger partial charge in [-0.15, -0.1) is 0 Å². The second-order valence-corrected chi connectivity index (χ2v) is 13.9. The van der Waals surface area contributed by atoms with Gasteiger partial charge in [-0.05, 0) is 108 Å². The van der Waals surface area contributed by atoms with Gasteiger partial charge in [-0.25, -0.2) is 4.79 Å². The summed E-state index contributed by atoms with van der Waals surface area (Å²) in [5.41, 5.74) is -1.06. The lowest BCUT2D eigenvalue weighted by atomic mass is 9.86. The van der Waals surface area contributed by atoms with Gasteiger partial charge in [-0.2, -0.15) is 5.26 Å². The maximum absolute atomic E-state index is 14.3. The topological polar surface area (TPSA) is 142 Å². The molecular weight excluding hydrogens is 590 g/mol. The zero-order valence-corrected chi connectivity index (χ0v) is 27.5. The third-order valence-electron chi connectivity index (χ3n) is 9.81. The number of hydrogen-bond acceptors (Lipinski definition) is 10. The van der Waals surface area contributed by atoms with Crippen LogP contribution in [0.25, 0.3) is 0 Å². The van der Waals surface area contributed by atoms with Crippen molar-refractivity contribution in [1.29, 1.82) is 5.26 Å². The van der Waals surface area contributed by atoms with Gasteiger partial charge in [0.15, 0.2) is 23.2 Å². The number of nitrogens with zero attached hydrogens (tertiary/aromatic N) is 3. The standard InChI is InChI=1S/C35H49N3O8/c1-34(2,41)12-7-13-35(42,20-31(39)38-16-9-24(21-36)10-17-38)33(40)46-32-27-22-37(14-6-4-5-8-28(32)43-3)15-11-25-18-29-30(19-26(25)27)45-23-44-29/h8,18-19,24,27,32,41-42H,4-7,9-17,20,22-23H2,1-3H3/b28-8+/t27-,32+,35-/m1/s1. The van der Waals surface area contributed by atoms with Gasteiger partial charge in [0.05, 0.1) is 25.2 Å². The number of hydrogen-bond donors (Lipinski definition) is 2. The van der Waals surface area contributed by atoms with E-state index in [9.17, 15) is 25.1 Å². The number of ether oxygens (including phenoxy) is 4. The van der Waals surface area contributed by atoms with E-state index in [4.69, 9.17) is 18.9 Å². The monoisotopic (exact) mass is 639 g/mol. The molecule has 4 aliphatic heterocycles. The highest BCUT2D eigenvalue weighted by Gasteiger charge is 2.45. The first-order valence-corrected chi connectivity index (χ1v) is 16.7. The number of fused-ring (bicyclic) bond motifs is 5. The van der Waals surface area contributed by atoms with E-state index in [1.54, 1.807) is 25.9 Å². The van der Waals surface area contributed by atoms with Gasteiger partial charge in [0.2, 0.25) is 12.7 Å². The second-order valence-electron chi connectivity index (χ2n) is 13.9. The minimum absolute atomic E-state index is 0.0545. The molecule has 0 aromatic heterocycles. The molecule has 2 bridgehead atoms. The minimum Gasteiger partial charge on any atom is -0.497 e. The van der Waals surface area contributed by atoms with E-state index < -0.39 is 29.7 Å². The lowest BCUT2D eigenvalue weighted by molar-refractivity contribution is -0.177. The minimum atomic E-state index is -2.12. The molecule has 0 saturated carbocycles. The molecule has 1 aromatic carbocycles. The van der Waals surface area contributed by atoms with Crippen molar-refractivity contribution in [3.05, 3.63) is 35.1 Å². The molecule has 252 valence electrons. The highest BCUT2D eigenvalue weighted by molar-refractivity contribution is 5.88. The fourth-order valence-electron chi connectivity index (χ4n) is 7.07. The van der Waals surface area contributed by atoms with Gasteiger partial charge in [0, 0.05) is 38.0 Å². The summed E-state index contributed by atoms with van der Waals surface area (Å²) in [7, 11) is 1.57. The molecular formula is C35H49N3O8. The lowest BCUT2D eigenvalue weighted by Gasteiger charge is -2.36. The number of carbonyl (C=O) groups excluding carboxylic acids is 2. The molecule has 5 rings (SSSR count). The average molecular weight is 640 g/mol. The number of rotatable bonds is 9. The number of allylic oxidation sites excluding steroid dienone is 1. The van der Waals surface area contributed by atoms with E-state index in [-0.39, 0.29) is 31.0 Å². The predicted octanol–water partition coefficient (Wildman–Crippen LogP) is 3.81. The summed E-state index contributed by atoms with van der Waals surface area (Å²) in [6.45, 7) is 6.65. The number of methoxy groups -OCH3 is 1. The first-order chi connectivity index (χ1) is 22.0. The maximum Gasteiger partial charge on any atom is 0.339 e. The van der Waals surface area contributed by atoms with Crippen molar-refractivity contribution in [2.24, 2.45) is 5.92 Å². The quantitative estimate of drug-likeness (QED) is 0.383. The van der Waals surface area contributed by atoms with Crippen LogP contribution in [0.4, 0.5) is 0 Å². The average Bonchev–Trinajstić information content (AvgIpc) is 3.42. The molecule has 0 radical (unpaired) electrons. The molecule has 1 fully saturated rings. The Labute approximate surface area is 272 Å². The van der Waals surface area contributed by atoms with Crippen molar-refractivity contribution in [2.75, 3.05) is 46.6 Å². The number of likely N-dealkylation sites (tertiary alicyclic amines) is 1. The first-order valence-electron chi connectivity index (χ1n) is 16.7. The summed E-state index contributed by atoms with van der Waals surface area (Å²) >= 11 is 0. The van der Waals surface area contributed by atoms with E-state index in [1.165, 1.54) is 0 Å². The van der Waals surface area contributed by atoms with E-state index in [0.717, 1.165) is 49.9 Å². The van der Waals surface area contributed by atoms with Crippen molar-refractivity contribution in [2.45, 2.75) is 101 Å². The second kappa shape index (κ2) is 14.6. The number of piperidine rings is 1. The molecule has 2 N–H and O–H groups in total. The number of carbonyl (C=O) groups is 2. The molecule has 0 aliphatic carbocycles. The Morgan fingerprint density at radius 2 is 1.80 bits per heavy atom. The lowest BCUT2D eigenvalue weighted by Crippen LogP contribution is -2.49. The number of esters is 1. The Bertz CT molecular complexity index is 1330. The van der Waals surface area contributed by atoms with Crippen LogP contribution in [0, 0.1) is 17.2 Å². The maximum atomic E-state index is 14.3. The van der Waals surface area contributed by atoms with Crippen LogP contribution >= 0.6 is 0 Å². The molecule has 0 spiro atoms. The van der Waals surface area contributed by atoms with Crippen molar-refractivity contribution >= 4 is 11.9 Å². The Morgan fingerprint density at radius 1 is 1.07 bits per heavy atom. The molecule has 4 heterocycles. The van der Waals surface area contributed by atoms with Crippen LogP contribution < -0.4 is 9.47 Å². The van der Waals surface area contributed by atoms with Crippen LogP contribution in [0.2, 0.25) is 0 Å². The third-order valence-corrected chi connectivity index (χ3v) is 9.81. The van der Waals surface area contributed by atoms with Crippen LogP contribution in [0.5, 0.6) is 11.5 Å². The normalized spacial score (nSPS) is 26.0. The predicted molar refractivity (Wildman–Crippen MR) is 169 cm³/mol. The van der Waals surface area contributed by atoms with Crippen LogP contribution in [-0.2, 0) is 25.5 Å². The highest BCUT2D eigenvalue weighted by atomic mass is 16.7. The van der Waals surface area contributed by atoms with Crippen molar-refractivity contribution in [1.82, 2.24) is 9.80 Å².